The van der Waals surface area contributed by atoms with E-state index in [1.54, 1.807) is 13.8 Å². The summed E-state index contributed by atoms with van der Waals surface area (Å²) >= 11 is 0.746. The fourth-order valence-corrected chi connectivity index (χ4v) is 2.77. The third-order valence-electron chi connectivity index (χ3n) is 2.99. The minimum atomic E-state index is -4.55. The molecule has 3 heterocycles. The van der Waals surface area contributed by atoms with Crippen LogP contribution in [0.3, 0.4) is 0 Å². The molecule has 0 saturated carbocycles. The van der Waals surface area contributed by atoms with E-state index in [4.69, 9.17) is 4.52 Å². The molecule has 0 amide bonds. The zero-order valence-corrected chi connectivity index (χ0v) is 12.7. The molecular formula is C13H9F3N4O2S. The third-order valence-corrected chi connectivity index (χ3v) is 3.83. The molecule has 0 unspecified atom stereocenters. The van der Waals surface area contributed by atoms with Crippen molar-refractivity contribution < 1.29 is 22.8 Å². The van der Waals surface area contributed by atoms with Crippen molar-refractivity contribution in [3.8, 4) is 28.0 Å². The van der Waals surface area contributed by atoms with Crippen LogP contribution in [0.4, 0.5) is 13.2 Å². The monoisotopic (exact) mass is 342 g/mol. The van der Waals surface area contributed by atoms with Crippen molar-refractivity contribution in [2.24, 2.45) is 0 Å². The van der Waals surface area contributed by atoms with Gasteiger partial charge in [-0.25, -0.2) is 9.97 Å². The lowest BCUT2D eigenvalue weighted by Gasteiger charge is -2.03. The molecule has 0 spiro atoms. The second-order valence-electron chi connectivity index (χ2n) is 4.67. The molecule has 0 aliphatic carbocycles. The first-order valence-electron chi connectivity index (χ1n) is 6.30. The molecule has 0 aromatic carbocycles. The van der Waals surface area contributed by atoms with Crippen LogP contribution in [0.1, 0.15) is 17.1 Å². The van der Waals surface area contributed by atoms with Gasteiger partial charge < -0.3 is 9.63 Å². The number of rotatable bonds is 2. The molecule has 3 aromatic rings. The second kappa shape index (κ2) is 5.30. The average molecular weight is 342 g/mol. The number of aryl methyl sites for hydroxylation is 2. The zero-order valence-electron chi connectivity index (χ0n) is 11.8. The van der Waals surface area contributed by atoms with Crippen LogP contribution in [0.2, 0.25) is 0 Å². The Bertz CT molecular complexity index is 853. The average Bonchev–Trinajstić information content (AvgIpc) is 3.05. The number of aromatic nitrogens is 4. The Labute approximate surface area is 131 Å². The van der Waals surface area contributed by atoms with Gasteiger partial charge in [0.05, 0.1) is 17.0 Å². The van der Waals surface area contributed by atoms with Crippen LogP contribution in [-0.4, -0.2) is 25.2 Å². The van der Waals surface area contributed by atoms with Crippen LogP contribution < -0.4 is 0 Å². The van der Waals surface area contributed by atoms with Gasteiger partial charge in [-0.05, 0) is 13.8 Å². The molecule has 3 aromatic heterocycles. The van der Waals surface area contributed by atoms with Gasteiger partial charge >= 0.3 is 6.18 Å². The van der Waals surface area contributed by atoms with E-state index < -0.39 is 11.9 Å². The van der Waals surface area contributed by atoms with E-state index in [-0.39, 0.29) is 16.7 Å². The highest BCUT2D eigenvalue weighted by atomic mass is 32.1. The van der Waals surface area contributed by atoms with Crippen LogP contribution in [0, 0.1) is 13.8 Å². The number of nitrogens with zero attached hydrogens (tertiary/aromatic N) is 4. The molecule has 0 fully saturated rings. The fraction of sp³-hybridized carbons (Fsp3) is 0.231. The summed E-state index contributed by atoms with van der Waals surface area (Å²) < 4.78 is 42.9. The predicted octanol–water partition coefficient (Wildman–Crippen LogP) is 3.60. The lowest BCUT2D eigenvalue weighted by Crippen LogP contribution is -2.05. The maximum Gasteiger partial charge on any atom is 0.434 e. The van der Waals surface area contributed by atoms with E-state index in [1.165, 1.54) is 6.07 Å². The SMILES string of the molecule is Cc1noc(C)c1-c1cc(O)nc(-c2nc(C(F)(F)F)cs2)n1. The molecule has 0 radical (unpaired) electrons. The molecule has 0 aliphatic heterocycles. The number of thiazole rings is 1. The van der Waals surface area contributed by atoms with Gasteiger partial charge in [0.15, 0.2) is 16.5 Å². The Morgan fingerprint density at radius 3 is 2.48 bits per heavy atom. The van der Waals surface area contributed by atoms with Crippen LogP contribution >= 0.6 is 11.3 Å². The predicted molar refractivity (Wildman–Crippen MR) is 74.8 cm³/mol. The lowest BCUT2D eigenvalue weighted by atomic mass is 10.1. The summed E-state index contributed by atoms with van der Waals surface area (Å²) in [4.78, 5) is 11.4. The minimum absolute atomic E-state index is 0.0405. The lowest BCUT2D eigenvalue weighted by molar-refractivity contribution is -0.140. The summed E-state index contributed by atoms with van der Waals surface area (Å²) in [7, 11) is 0. The first kappa shape index (κ1) is 15.4. The topological polar surface area (TPSA) is 84.9 Å². The van der Waals surface area contributed by atoms with Crippen LogP contribution in [0.15, 0.2) is 16.0 Å². The van der Waals surface area contributed by atoms with Crippen molar-refractivity contribution in [1.29, 1.82) is 0 Å². The Morgan fingerprint density at radius 1 is 1.17 bits per heavy atom. The minimum Gasteiger partial charge on any atom is -0.493 e. The molecular weight excluding hydrogens is 333 g/mol. The van der Waals surface area contributed by atoms with E-state index in [0.29, 0.717) is 22.7 Å². The molecule has 23 heavy (non-hydrogen) atoms. The van der Waals surface area contributed by atoms with Crippen molar-refractivity contribution >= 4 is 11.3 Å². The standard InChI is InChI=1S/C13H9F3N4O2S/c1-5-10(6(2)22-20-5)7-3-9(21)19-11(17-7)12-18-8(4-23-12)13(14,15)16/h3-4H,1-2H3,(H,17,19,21). The van der Waals surface area contributed by atoms with Crippen LogP contribution in [0.25, 0.3) is 22.1 Å². The van der Waals surface area contributed by atoms with Gasteiger partial charge in [0, 0.05) is 11.4 Å². The fourth-order valence-electron chi connectivity index (χ4n) is 2.01. The van der Waals surface area contributed by atoms with Gasteiger partial charge in [-0.1, -0.05) is 5.16 Å². The van der Waals surface area contributed by atoms with Crippen molar-refractivity contribution in [2.45, 2.75) is 20.0 Å². The van der Waals surface area contributed by atoms with Gasteiger partial charge in [-0.3, -0.25) is 0 Å². The number of hydrogen-bond donors (Lipinski definition) is 1. The van der Waals surface area contributed by atoms with E-state index >= 15 is 0 Å². The second-order valence-corrected chi connectivity index (χ2v) is 5.53. The highest BCUT2D eigenvalue weighted by molar-refractivity contribution is 7.13. The molecule has 0 bridgehead atoms. The Hall–Kier alpha value is -2.49. The van der Waals surface area contributed by atoms with Crippen LogP contribution in [0.5, 0.6) is 5.88 Å². The summed E-state index contributed by atoms with van der Waals surface area (Å²) in [5.41, 5.74) is 0.370. The normalized spacial score (nSPS) is 11.9. The quantitative estimate of drug-likeness (QED) is 0.766. The summed E-state index contributed by atoms with van der Waals surface area (Å²) in [6.07, 6.45) is -4.55. The van der Waals surface area contributed by atoms with Gasteiger partial charge in [0.2, 0.25) is 5.88 Å². The maximum absolute atomic E-state index is 12.6. The van der Waals surface area contributed by atoms with E-state index in [2.05, 4.69) is 20.1 Å². The van der Waals surface area contributed by atoms with E-state index in [1.807, 2.05) is 0 Å². The summed E-state index contributed by atoms with van der Waals surface area (Å²) in [6, 6.07) is 1.29. The maximum atomic E-state index is 12.6. The summed E-state index contributed by atoms with van der Waals surface area (Å²) in [5, 5.41) is 14.4. The number of alkyl halides is 3. The highest BCUT2D eigenvalue weighted by Gasteiger charge is 2.34. The van der Waals surface area contributed by atoms with Gasteiger partial charge in [-0.15, -0.1) is 11.3 Å². The van der Waals surface area contributed by atoms with Crippen LogP contribution in [-0.2, 0) is 6.18 Å². The van der Waals surface area contributed by atoms with E-state index in [0.717, 1.165) is 16.7 Å². The summed E-state index contributed by atoms with van der Waals surface area (Å²) in [6.45, 7) is 3.36. The molecule has 0 aliphatic rings. The largest absolute Gasteiger partial charge is 0.493 e. The molecule has 3 rings (SSSR count). The van der Waals surface area contributed by atoms with Crippen molar-refractivity contribution in [3.05, 3.63) is 28.6 Å². The molecule has 0 atom stereocenters. The number of halogens is 3. The Morgan fingerprint density at radius 2 is 1.91 bits per heavy atom. The van der Waals surface area contributed by atoms with Gasteiger partial charge in [-0.2, -0.15) is 18.2 Å². The van der Waals surface area contributed by atoms with E-state index in [9.17, 15) is 18.3 Å². The van der Waals surface area contributed by atoms with Gasteiger partial charge in [0.25, 0.3) is 0 Å². The molecule has 6 nitrogen and oxygen atoms in total. The number of aromatic hydroxyl groups is 1. The smallest absolute Gasteiger partial charge is 0.434 e. The highest BCUT2D eigenvalue weighted by Crippen LogP contribution is 2.34. The molecule has 1 N–H and O–H groups in total. The first-order chi connectivity index (χ1) is 10.8. The zero-order chi connectivity index (χ0) is 16.8. The third kappa shape index (κ3) is 2.89. The molecule has 10 heteroatoms. The Kier molecular flexibility index (Phi) is 3.55. The molecule has 120 valence electrons. The van der Waals surface area contributed by atoms with Crippen molar-refractivity contribution in [2.75, 3.05) is 0 Å². The first-order valence-corrected chi connectivity index (χ1v) is 7.18. The number of hydrogen-bond acceptors (Lipinski definition) is 7. The summed E-state index contributed by atoms with van der Waals surface area (Å²) in [5.74, 6) is -0.00377. The van der Waals surface area contributed by atoms with Gasteiger partial charge in [0.1, 0.15) is 5.76 Å². The van der Waals surface area contributed by atoms with Crippen molar-refractivity contribution in [3.63, 3.8) is 0 Å². The van der Waals surface area contributed by atoms with Crippen molar-refractivity contribution in [1.82, 2.24) is 20.1 Å². The Balaban J connectivity index is 2.10. The molecule has 0 saturated heterocycles.